The summed E-state index contributed by atoms with van der Waals surface area (Å²) < 4.78 is 1.91. The van der Waals surface area contributed by atoms with Gasteiger partial charge in [0, 0.05) is 32.2 Å². The molecule has 9 nitrogen and oxygen atoms in total. The minimum Gasteiger partial charge on any atom is -0.363 e. The van der Waals surface area contributed by atoms with Crippen molar-refractivity contribution < 1.29 is 4.79 Å². The maximum absolute atomic E-state index is 13.2. The molecule has 0 aliphatic carbocycles. The highest BCUT2D eigenvalue weighted by molar-refractivity contribution is 6.10. The number of amides is 1. The van der Waals surface area contributed by atoms with Crippen LogP contribution in [0.4, 0.5) is 11.6 Å². The summed E-state index contributed by atoms with van der Waals surface area (Å²) in [4.78, 5) is 26.1. The predicted molar refractivity (Wildman–Crippen MR) is 117 cm³/mol. The number of carbonyl (C=O) groups is 1. The van der Waals surface area contributed by atoms with Crippen LogP contribution < -0.4 is 15.5 Å². The van der Waals surface area contributed by atoms with E-state index in [0.717, 1.165) is 17.8 Å². The van der Waals surface area contributed by atoms with Crippen LogP contribution in [0.5, 0.6) is 0 Å². The third-order valence-electron chi connectivity index (χ3n) is 5.02. The number of carbonyl (C=O) groups excluding carboxylic acids is 1. The van der Waals surface area contributed by atoms with Crippen LogP contribution in [0.1, 0.15) is 48.9 Å². The molecule has 30 heavy (non-hydrogen) atoms. The Morgan fingerprint density at radius 3 is 2.70 bits per heavy atom. The molecule has 0 bridgehead atoms. The average molecular weight is 409 g/mol. The predicted octanol–water partition coefficient (Wildman–Crippen LogP) is 2.64. The molecule has 1 atom stereocenters. The first-order chi connectivity index (χ1) is 13.9. The maximum Gasteiger partial charge on any atom is 0.260 e. The minimum atomic E-state index is -0.279. The molecule has 1 amide bonds. The molecular weight excluding hydrogens is 380 g/mol. The van der Waals surface area contributed by atoms with Crippen LogP contribution in [-0.2, 0) is 13.1 Å². The molecule has 0 unspecified atom stereocenters. The Morgan fingerprint density at radius 2 is 2.03 bits per heavy atom. The number of aryl methyl sites for hydroxylation is 1. The summed E-state index contributed by atoms with van der Waals surface area (Å²) in [5.74, 6) is 1.85. The highest BCUT2D eigenvalue weighted by atomic mass is 16.2. The minimum absolute atomic E-state index is 0. The van der Waals surface area contributed by atoms with Crippen molar-refractivity contribution in [2.45, 2.75) is 40.4 Å². The van der Waals surface area contributed by atoms with Gasteiger partial charge in [0.25, 0.3) is 5.91 Å². The molecule has 0 radical (unpaired) electrons. The maximum atomic E-state index is 13.2. The van der Waals surface area contributed by atoms with Gasteiger partial charge >= 0.3 is 0 Å². The molecule has 0 spiro atoms. The van der Waals surface area contributed by atoms with Crippen molar-refractivity contribution in [3.8, 4) is 11.5 Å². The lowest BCUT2D eigenvalue weighted by atomic mass is 10.0. The molecule has 1 aliphatic rings. The number of hydrogen-bond donors (Lipinski definition) is 1. The fourth-order valence-electron chi connectivity index (χ4n) is 3.48. The second-order valence-electron chi connectivity index (χ2n) is 7.29. The largest absolute Gasteiger partial charge is 0.363 e. The zero-order valence-corrected chi connectivity index (χ0v) is 17.0. The average Bonchev–Trinajstić information content (AvgIpc) is 3.32. The van der Waals surface area contributed by atoms with Crippen molar-refractivity contribution in [3.05, 3.63) is 47.4 Å². The van der Waals surface area contributed by atoms with E-state index in [1.165, 1.54) is 0 Å². The lowest BCUT2D eigenvalue weighted by molar-refractivity contribution is 0.0996. The first-order valence-electron chi connectivity index (χ1n) is 9.54. The van der Waals surface area contributed by atoms with Gasteiger partial charge in [-0.3, -0.25) is 9.69 Å². The molecule has 9 heteroatoms. The van der Waals surface area contributed by atoms with Gasteiger partial charge in [-0.2, -0.15) is 0 Å². The van der Waals surface area contributed by atoms with E-state index in [1.807, 2.05) is 61.7 Å². The van der Waals surface area contributed by atoms with Gasteiger partial charge in [0.15, 0.2) is 5.82 Å². The van der Waals surface area contributed by atoms with Gasteiger partial charge in [-0.15, -0.1) is 10.2 Å². The Labute approximate surface area is 176 Å². The molecule has 4 rings (SSSR count). The lowest BCUT2D eigenvalue weighted by Crippen LogP contribution is -2.24. The van der Waals surface area contributed by atoms with Crippen molar-refractivity contribution >= 4 is 17.5 Å². The van der Waals surface area contributed by atoms with Crippen molar-refractivity contribution in [2.75, 3.05) is 23.9 Å². The standard InChI is InChI=1S/C20H24N8O.CH4/c1-5-27-11-22-25-19(27)15-7-6-8-16(23-15)28-10-14-13(20(28)29)9-17(26(3)4)24-18(14)12(2)21;/h6-9,11-12H,5,10,21H2,1-4H3;1H4/t12-;/m0./s1. The van der Waals surface area contributed by atoms with Gasteiger partial charge in [-0.05, 0) is 32.0 Å². The summed E-state index contributed by atoms with van der Waals surface area (Å²) >= 11 is 0. The van der Waals surface area contributed by atoms with Crippen LogP contribution in [0.2, 0.25) is 0 Å². The number of anilines is 2. The van der Waals surface area contributed by atoms with Gasteiger partial charge in [-0.25, -0.2) is 9.97 Å². The van der Waals surface area contributed by atoms with E-state index in [0.29, 0.717) is 35.3 Å². The highest BCUT2D eigenvalue weighted by Gasteiger charge is 2.33. The number of nitrogens with two attached hydrogens (primary N) is 1. The summed E-state index contributed by atoms with van der Waals surface area (Å²) in [6.45, 7) is 5.02. The van der Waals surface area contributed by atoms with E-state index in [4.69, 9.17) is 10.7 Å². The van der Waals surface area contributed by atoms with Crippen molar-refractivity contribution in [1.82, 2.24) is 24.7 Å². The Balaban J connectivity index is 0.00000256. The second kappa shape index (κ2) is 8.19. The number of fused-ring (bicyclic) bond motifs is 1. The number of pyridine rings is 2. The van der Waals surface area contributed by atoms with Gasteiger partial charge in [0.05, 0.1) is 17.8 Å². The Kier molecular flexibility index (Phi) is 5.84. The SMILES string of the molecule is C.CCn1cnnc1-c1cccc(N2Cc3c(cc(N(C)C)nc3[C@H](C)N)C2=O)n1. The smallest absolute Gasteiger partial charge is 0.260 e. The topological polar surface area (TPSA) is 106 Å². The first-order valence-corrected chi connectivity index (χ1v) is 9.54. The Bertz CT molecular complexity index is 1070. The van der Waals surface area contributed by atoms with E-state index in [-0.39, 0.29) is 19.4 Å². The third kappa shape index (κ3) is 3.52. The summed E-state index contributed by atoms with van der Waals surface area (Å²) in [5, 5.41) is 8.13. The molecule has 3 aromatic heterocycles. The fourth-order valence-corrected chi connectivity index (χ4v) is 3.48. The lowest BCUT2D eigenvalue weighted by Gasteiger charge is -2.17. The van der Waals surface area contributed by atoms with Crippen LogP contribution in [-0.4, -0.2) is 44.7 Å². The van der Waals surface area contributed by atoms with Crippen molar-refractivity contribution in [1.29, 1.82) is 0 Å². The second-order valence-corrected chi connectivity index (χ2v) is 7.29. The molecular formula is C21H28N8O. The van der Waals surface area contributed by atoms with Gasteiger partial charge in [0.2, 0.25) is 0 Å². The molecule has 0 aromatic carbocycles. The summed E-state index contributed by atoms with van der Waals surface area (Å²) in [7, 11) is 3.79. The Morgan fingerprint density at radius 1 is 1.27 bits per heavy atom. The van der Waals surface area contributed by atoms with E-state index >= 15 is 0 Å². The summed E-state index contributed by atoms with van der Waals surface area (Å²) in [5.41, 5.74) is 9.06. The normalized spacial score (nSPS) is 13.8. The zero-order chi connectivity index (χ0) is 20.7. The molecule has 158 valence electrons. The van der Waals surface area contributed by atoms with Crippen LogP contribution in [0.3, 0.4) is 0 Å². The van der Waals surface area contributed by atoms with E-state index in [9.17, 15) is 4.79 Å². The number of hydrogen-bond acceptors (Lipinski definition) is 7. The van der Waals surface area contributed by atoms with Crippen molar-refractivity contribution in [3.63, 3.8) is 0 Å². The molecule has 0 saturated heterocycles. The Hall–Kier alpha value is -3.33. The van der Waals surface area contributed by atoms with Gasteiger partial charge in [0.1, 0.15) is 23.7 Å². The van der Waals surface area contributed by atoms with Crippen molar-refractivity contribution in [2.24, 2.45) is 5.73 Å². The van der Waals surface area contributed by atoms with Crippen LogP contribution in [0, 0.1) is 0 Å². The zero-order valence-electron chi connectivity index (χ0n) is 17.0. The fraction of sp³-hybridized carbons (Fsp3) is 0.381. The molecule has 2 N–H and O–H groups in total. The van der Waals surface area contributed by atoms with E-state index in [2.05, 4.69) is 15.2 Å². The number of aromatic nitrogens is 5. The van der Waals surface area contributed by atoms with Crippen LogP contribution >= 0.6 is 0 Å². The number of nitrogens with zero attached hydrogens (tertiary/aromatic N) is 7. The molecule has 4 heterocycles. The van der Waals surface area contributed by atoms with E-state index < -0.39 is 0 Å². The van der Waals surface area contributed by atoms with Gasteiger partial charge < -0.3 is 15.2 Å². The quantitative estimate of drug-likeness (QED) is 0.692. The molecule has 1 aliphatic heterocycles. The summed E-state index contributed by atoms with van der Waals surface area (Å²) in [6.07, 6.45) is 1.67. The first kappa shape index (κ1) is 21.4. The van der Waals surface area contributed by atoms with E-state index in [1.54, 1.807) is 11.2 Å². The number of rotatable bonds is 5. The van der Waals surface area contributed by atoms with Crippen LogP contribution in [0.25, 0.3) is 11.5 Å². The molecule has 0 saturated carbocycles. The highest BCUT2D eigenvalue weighted by Crippen LogP contribution is 2.33. The van der Waals surface area contributed by atoms with Gasteiger partial charge in [-0.1, -0.05) is 13.5 Å². The monoisotopic (exact) mass is 408 g/mol. The van der Waals surface area contributed by atoms with Crippen LogP contribution in [0.15, 0.2) is 30.6 Å². The summed E-state index contributed by atoms with van der Waals surface area (Å²) in [6, 6.07) is 7.11. The molecule has 3 aromatic rings. The third-order valence-corrected chi connectivity index (χ3v) is 5.02. The molecule has 0 fully saturated rings.